The molecule has 5 nitrogen and oxygen atoms in total. The van der Waals surface area contributed by atoms with E-state index >= 15 is 0 Å². The number of hydrogen-bond acceptors (Lipinski definition) is 5. The lowest BCUT2D eigenvalue weighted by molar-refractivity contribution is -0.222. The van der Waals surface area contributed by atoms with E-state index in [2.05, 4.69) is 40.4 Å². The van der Waals surface area contributed by atoms with E-state index in [1.54, 1.807) is 6.08 Å². The largest absolute Gasteiger partial charge is 0.466 e. The monoisotopic (exact) mass is 382 g/mol. The molecule has 1 fully saturated rings. The molecule has 1 saturated heterocycles. The summed E-state index contributed by atoms with van der Waals surface area (Å²) >= 11 is 0. The Hall–Kier alpha value is -0.953. The van der Waals surface area contributed by atoms with Gasteiger partial charge in [0.1, 0.15) is 11.5 Å². The van der Waals surface area contributed by atoms with E-state index in [0.717, 1.165) is 0 Å². The summed E-state index contributed by atoms with van der Waals surface area (Å²) in [7, 11) is -1.92. The third-order valence-corrected chi connectivity index (χ3v) is 10.2. The summed E-state index contributed by atoms with van der Waals surface area (Å²) in [5, 5.41) is 0.114. The summed E-state index contributed by atoms with van der Waals surface area (Å²) in [5.74, 6) is -1.79. The van der Waals surface area contributed by atoms with Gasteiger partial charge in [-0.3, -0.25) is 4.79 Å². The zero-order valence-electron chi connectivity index (χ0n) is 17.1. The second-order valence-electron chi connectivity index (χ2n) is 8.71. The lowest BCUT2D eigenvalue weighted by atomic mass is 9.85. The third kappa shape index (κ3) is 4.14. The number of hydrogen-bond donors (Lipinski definition) is 0. The van der Waals surface area contributed by atoms with Crippen molar-refractivity contribution in [3.05, 3.63) is 24.8 Å². The van der Waals surface area contributed by atoms with E-state index in [4.69, 9.17) is 18.6 Å². The zero-order chi connectivity index (χ0) is 19.6. The third-order valence-electron chi connectivity index (χ3n) is 5.72. The van der Waals surface area contributed by atoms with Crippen molar-refractivity contribution in [1.82, 2.24) is 0 Å². The van der Waals surface area contributed by atoms with Crippen molar-refractivity contribution < 1.29 is 23.4 Å². The van der Waals surface area contributed by atoms with E-state index in [1.807, 2.05) is 19.1 Å². The molecule has 0 aromatic carbocycles. The fourth-order valence-electron chi connectivity index (χ4n) is 3.06. The Morgan fingerprint density at radius 2 is 2.08 bits per heavy atom. The molecule has 0 saturated carbocycles. The minimum absolute atomic E-state index is 0.114. The first-order valence-electron chi connectivity index (χ1n) is 9.47. The van der Waals surface area contributed by atoms with E-state index < -0.39 is 25.6 Å². The standard InChI is InChI=1S/C20H34O5Si/c1-8-10-13-23-20-12-11-19(25-20,14-16(20)17(21)22-9-2)15-24-26(6,7)18(3,4)5/h8,11-12,16H,1,9-10,13-15H2,2-7H3/t16?,19?,20-/m0/s1. The highest BCUT2D eigenvalue weighted by molar-refractivity contribution is 6.74. The maximum Gasteiger partial charge on any atom is 0.314 e. The maximum atomic E-state index is 12.5. The molecule has 2 unspecified atom stereocenters. The van der Waals surface area contributed by atoms with Gasteiger partial charge in [-0.2, -0.15) is 0 Å². The number of esters is 1. The van der Waals surface area contributed by atoms with Gasteiger partial charge in [0.15, 0.2) is 8.32 Å². The average molecular weight is 383 g/mol. The van der Waals surface area contributed by atoms with Crippen molar-refractivity contribution in [1.29, 1.82) is 0 Å². The first-order chi connectivity index (χ1) is 12.0. The molecule has 2 aliphatic rings. The summed E-state index contributed by atoms with van der Waals surface area (Å²) in [4.78, 5) is 12.5. The van der Waals surface area contributed by atoms with Crippen molar-refractivity contribution in [3.8, 4) is 0 Å². The Kier molecular flexibility index (Phi) is 6.22. The summed E-state index contributed by atoms with van der Waals surface area (Å²) in [5.41, 5.74) is -0.624. The number of rotatable bonds is 9. The molecular formula is C20H34O5Si. The van der Waals surface area contributed by atoms with Crippen molar-refractivity contribution >= 4 is 14.3 Å². The summed E-state index contributed by atoms with van der Waals surface area (Å²) in [6, 6.07) is 0. The topological polar surface area (TPSA) is 54.0 Å². The molecule has 6 heteroatoms. The highest BCUT2D eigenvalue weighted by atomic mass is 28.4. The number of fused-ring (bicyclic) bond motifs is 2. The quantitative estimate of drug-likeness (QED) is 0.259. The molecule has 0 amide bonds. The molecule has 26 heavy (non-hydrogen) atoms. The number of carbonyl (C=O) groups is 1. The molecular weight excluding hydrogens is 348 g/mol. The van der Waals surface area contributed by atoms with Crippen molar-refractivity contribution in [2.24, 2.45) is 5.92 Å². The van der Waals surface area contributed by atoms with E-state index in [9.17, 15) is 4.79 Å². The molecule has 0 aliphatic carbocycles. The molecule has 148 valence electrons. The summed E-state index contributed by atoms with van der Waals surface area (Å²) in [6.07, 6.45) is 6.88. The predicted molar refractivity (Wildman–Crippen MR) is 104 cm³/mol. The van der Waals surface area contributed by atoms with Gasteiger partial charge < -0.3 is 18.6 Å². The number of carbonyl (C=O) groups excluding carboxylic acids is 1. The molecule has 0 radical (unpaired) electrons. The zero-order valence-corrected chi connectivity index (χ0v) is 18.1. The highest BCUT2D eigenvalue weighted by Crippen LogP contribution is 2.51. The van der Waals surface area contributed by atoms with Crippen LogP contribution in [0.5, 0.6) is 0 Å². The smallest absolute Gasteiger partial charge is 0.314 e. The van der Waals surface area contributed by atoms with Gasteiger partial charge in [0.05, 0.1) is 19.8 Å². The second-order valence-corrected chi connectivity index (χ2v) is 13.5. The van der Waals surface area contributed by atoms with Gasteiger partial charge in [0.2, 0.25) is 5.79 Å². The van der Waals surface area contributed by atoms with Crippen LogP contribution in [0.15, 0.2) is 24.8 Å². The van der Waals surface area contributed by atoms with Gasteiger partial charge in [-0.15, -0.1) is 6.58 Å². The lowest BCUT2D eigenvalue weighted by Crippen LogP contribution is -2.45. The number of ether oxygens (including phenoxy) is 3. The maximum absolute atomic E-state index is 12.5. The molecule has 0 N–H and O–H groups in total. The SMILES string of the molecule is C=CCCO[C@]12C=CC(CO[Si](C)(C)C(C)(C)C)(CC1C(=O)OCC)O2. The van der Waals surface area contributed by atoms with E-state index in [1.165, 1.54) is 0 Å². The highest BCUT2D eigenvalue weighted by Gasteiger charge is 2.62. The van der Waals surface area contributed by atoms with Gasteiger partial charge in [-0.1, -0.05) is 26.8 Å². The fraction of sp³-hybridized carbons (Fsp3) is 0.750. The van der Waals surface area contributed by atoms with Crippen molar-refractivity contribution in [3.63, 3.8) is 0 Å². The normalized spacial score (nSPS) is 30.6. The van der Waals surface area contributed by atoms with E-state index in [-0.39, 0.29) is 11.0 Å². The Morgan fingerprint density at radius 3 is 2.65 bits per heavy atom. The van der Waals surface area contributed by atoms with E-state index in [0.29, 0.717) is 32.7 Å². The van der Waals surface area contributed by atoms with Gasteiger partial charge >= 0.3 is 5.97 Å². The van der Waals surface area contributed by atoms with Crippen LogP contribution in [0.3, 0.4) is 0 Å². The Labute approximate surface area is 158 Å². The van der Waals surface area contributed by atoms with Crippen LogP contribution in [0.2, 0.25) is 18.1 Å². The van der Waals surface area contributed by atoms with Crippen molar-refractivity contribution in [2.45, 2.75) is 70.1 Å². The van der Waals surface area contributed by atoms with Crippen LogP contribution in [0.25, 0.3) is 0 Å². The van der Waals surface area contributed by atoms with Crippen LogP contribution in [-0.4, -0.2) is 45.5 Å². The van der Waals surface area contributed by atoms with Crippen molar-refractivity contribution in [2.75, 3.05) is 19.8 Å². The van der Waals surface area contributed by atoms with Crippen LogP contribution < -0.4 is 0 Å². The van der Waals surface area contributed by atoms with Crippen LogP contribution >= 0.6 is 0 Å². The molecule has 0 aromatic heterocycles. The summed E-state index contributed by atoms with van der Waals surface area (Å²) in [6.45, 7) is 17.8. The fourth-order valence-corrected chi connectivity index (χ4v) is 4.10. The second kappa shape index (κ2) is 7.58. The Bertz CT molecular complexity index is 565. The Balaban J connectivity index is 2.15. The minimum atomic E-state index is -1.92. The molecule has 2 rings (SSSR count). The van der Waals surface area contributed by atoms with Gasteiger partial charge in [0, 0.05) is 6.42 Å². The molecule has 2 aliphatic heterocycles. The molecule has 2 bridgehead atoms. The first kappa shape index (κ1) is 21.3. The molecule has 0 aromatic rings. The van der Waals surface area contributed by atoms with Crippen LogP contribution in [0.1, 0.15) is 40.5 Å². The predicted octanol–water partition coefficient (Wildman–Crippen LogP) is 4.21. The molecule has 2 heterocycles. The molecule has 3 atom stereocenters. The van der Waals surface area contributed by atoms with Gasteiger partial charge in [-0.05, 0) is 43.6 Å². The molecule has 0 spiro atoms. The van der Waals surface area contributed by atoms with Gasteiger partial charge in [0.25, 0.3) is 0 Å². The average Bonchev–Trinajstić information content (AvgIpc) is 3.07. The van der Waals surface area contributed by atoms with Gasteiger partial charge in [-0.25, -0.2) is 0 Å². The van der Waals surface area contributed by atoms with Crippen LogP contribution in [-0.2, 0) is 23.4 Å². The first-order valence-corrected chi connectivity index (χ1v) is 12.4. The Morgan fingerprint density at radius 1 is 1.38 bits per heavy atom. The van der Waals surface area contributed by atoms with Crippen LogP contribution in [0, 0.1) is 5.92 Å². The summed E-state index contributed by atoms with van der Waals surface area (Å²) < 4.78 is 24.0. The lowest BCUT2D eigenvalue weighted by Gasteiger charge is -2.38. The van der Waals surface area contributed by atoms with Crippen LogP contribution in [0.4, 0.5) is 0 Å². The minimum Gasteiger partial charge on any atom is -0.466 e.